The van der Waals surface area contributed by atoms with Gasteiger partial charge in [-0.2, -0.15) is 0 Å². The maximum Gasteiger partial charge on any atom is 0.239 e. The highest BCUT2D eigenvalue weighted by Crippen LogP contribution is 2.57. The number of hydrogen-bond acceptors (Lipinski definition) is 3. The van der Waals surface area contributed by atoms with Crippen molar-refractivity contribution in [3.05, 3.63) is 35.9 Å². The van der Waals surface area contributed by atoms with Crippen molar-refractivity contribution < 1.29 is 9.59 Å². The maximum atomic E-state index is 13.7. The molecule has 0 aromatic heterocycles. The van der Waals surface area contributed by atoms with Crippen LogP contribution in [0.4, 0.5) is 0 Å². The van der Waals surface area contributed by atoms with Gasteiger partial charge in [0, 0.05) is 24.5 Å². The van der Waals surface area contributed by atoms with Crippen molar-refractivity contribution in [2.24, 2.45) is 35.0 Å². The van der Waals surface area contributed by atoms with Crippen LogP contribution in [0.15, 0.2) is 30.3 Å². The Balaban J connectivity index is 1.32. The van der Waals surface area contributed by atoms with Gasteiger partial charge in [0.1, 0.15) is 0 Å². The molecule has 4 fully saturated rings. The number of rotatable bonds is 8. The minimum atomic E-state index is -0.00332. The average molecular weight is 522 g/mol. The van der Waals surface area contributed by atoms with E-state index in [2.05, 4.69) is 68.5 Å². The van der Waals surface area contributed by atoms with Crippen molar-refractivity contribution in [3.63, 3.8) is 0 Å². The van der Waals surface area contributed by atoms with Crippen molar-refractivity contribution in [2.75, 3.05) is 33.7 Å². The van der Waals surface area contributed by atoms with E-state index in [9.17, 15) is 9.59 Å². The van der Waals surface area contributed by atoms with E-state index in [1.54, 1.807) is 0 Å². The lowest BCUT2D eigenvalue weighted by Crippen LogP contribution is -2.60. The molecule has 0 radical (unpaired) electrons. The molecule has 1 aromatic carbocycles. The minimum Gasteiger partial charge on any atom is -0.354 e. The van der Waals surface area contributed by atoms with E-state index < -0.39 is 0 Å². The predicted octanol–water partition coefficient (Wildman–Crippen LogP) is 5.84. The van der Waals surface area contributed by atoms with Crippen LogP contribution in [0.3, 0.4) is 0 Å². The number of carbonyl (C=O) groups is 2. The SMILES string of the molecule is CC1CCC(CNC(=O)CN2C[C@]3(CC[C@](c4ccccc4)(N(C)C)CC3)C(CC3CCC3)C(C)C2=O)C1. The standard InChI is InChI=1S/C33H51N3O2/c1-24-13-14-27(19-24)21-34-30(37)22-36-23-32(29(25(2)31(36)38)20-26-9-8-10-26)15-17-33(18-16-32,35(3)4)28-11-6-5-7-12-28/h5-7,11-12,24-27,29H,8-10,13-23H2,1-4H3,(H,34,37)/t24?,25?,27?,29?,32-,33+. The van der Waals surface area contributed by atoms with Crippen LogP contribution in [0.25, 0.3) is 0 Å². The molecule has 1 aliphatic heterocycles. The first-order valence-electron chi connectivity index (χ1n) is 15.5. The summed E-state index contributed by atoms with van der Waals surface area (Å²) in [6.07, 6.45) is 13.3. The van der Waals surface area contributed by atoms with Crippen molar-refractivity contribution in [1.29, 1.82) is 0 Å². The largest absolute Gasteiger partial charge is 0.354 e. The van der Waals surface area contributed by atoms with Crippen molar-refractivity contribution in [2.45, 2.75) is 90.0 Å². The molecule has 1 aromatic rings. The molecule has 1 heterocycles. The molecule has 38 heavy (non-hydrogen) atoms. The van der Waals surface area contributed by atoms with Gasteiger partial charge in [0.05, 0.1) is 6.54 Å². The van der Waals surface area contributed by atoms with Crippen LogP contribution in [0.2, 0.25) is 0 Å². The highest BCUT2D eigenvalue weighted by Gasteiger charge is 2.55. The summed E-state index contributed by atoms with van der Waals surface area (Å²) in [7, 11) is 4.46. The van der Waals surface area contributed by atoms with E-state index >= 15 is 0 Å². The summed E-state index contributed by atoms with van der Waals surface area (Å²) >= 11 is 0. The summed E-state index contributed by atoms with van der Waals surface area (Å²) in [4.78, 5) is 31.1. The van der Waals surface area contributed by atoms with Gasteiger partial charge < -0.3 is 10.2 Å². The van der Waals surface area contributed by atoms with Gasteiger partial charge in [-0.1, -0.05) is 69.9 Å². The lowest BCUT2D eigenvalue weighted by Gasteiger charge is -2.58. The summed E-state index contributed by atoms with van der Waals surface area (Å²) in [6.45, 7) is 6.21. The normalized spacial score (nSPS) is 36.0. The Morgan fingerprint density at radius 3 is 2.29 bits per heavy atom. The van der Waals surface area contributed by atoms with Crippen LogP contribution < -0.4 is 5.32 Å². The molecule has 1 spiro atoms. The quantitative estimate of drug-likeness (QED) is 0.468. The molecule has 4 atom stereocenters. The van der Waals surface area contributed by atoms with Crippen LogP contribution in [-0.4, -0.2) is 55.3 Å². The lowest BCUT2D eigenvalue weighted by atomic mass is 9.53. The second-order valence-corrected chi connectivity index (χ2v) is 13.9. The number of nitrogens with one attached hydrogen (secondary N) is 1. The molecule has 2 amide bonds. The number of amides is 2. The third-order valence-corrected chi connectivity index (χ3v) is 11.4. The van der Waals surface area contributed by atoms with Gasteiger partial charge in [-0.25, -0.2) is 0 Å². The van der Waals surface area contributed by atoms with E-state index in [0.29, 0.717) is 11.8 Å². The fraction of sp³-hybridized carbons (Fsp3) is 0.758. The summed E-state index contributed by atoms with van der Waals surface area (Å²) in [5.74, 6) is 2.80. The molecule has 3 saturated carbocycles. The zero-order valence-electron chi connectivity index (χ0n) is 24.4. The van der Waals surface area contributed by atoms with Crippen molar-refractivity contribution in [1.82, 2.24) is 15.1 Å². The van der Waals surface area contributed by atoms with E-state index in [-0.39, 0.29) is 35.2 Å². The first kappa shape index (κ1) is 27.7. The number of piperidine rings is 1. The summed E-state index contributed by atoms with van der Waals surface area (Å²) in [5.41, 5.74) is 1.56. The number of likely N-dealkylation sites (tertiary alicyclic amines) is 1. The molecule has 4 unspecified atom stereocenters. The number of hydrogen-bond donors (Lipinski definition) is 1. The zero-order chi connectivity index (χ0) is 26.9. The first-order valence-corrected chi connectivity index (χ1v) is 15.5. The van der Waals surface area contributed by atoms with Crippen LogP contribution in [0, 0.1) is 35.0 Å². The van der Waals surface area contributed by atoms with Gasteiger partial charge >= 0.3 is 0 Å². The molecule has 0 bridgehead atoms. The third kappa shape index (κ3) is 5.42. The van der Waals surface area contributed by atoms with Gasteiger partial charge in [-0.15, -0.1) is 0 Å². The van der Waals surface area contributed by atoms with Crippen LogP contribution in [-0.2, 0) is 15.1 Å². The maximum absolute atomic E-state index is 13.7. The molecule has 210 valence electrons. The molecule has 4 aliphatic rings. The Bertz CT molecular complexity index is 964. The Morgan fingerprint density at radius 2 is 1.71 bits per heavy atom. The smallest absolute Gasteiger partial charge is 0.239 e. The van der Waals surface area contributed by atoms with Crippen LogP contribution in [0.1, 0.15) is 90.0 Å². The second-order valence-electron chi connectivity index (χ2n) is 13.9. The van der Waals surface area contributed by atoms with Gasteiger partial charge in [-0.3, -0.25) is 14.5 Å². The molecule has 1 saturated heterocycles. The number of benzene rings is 1. The van der Waals surface area contributed by atoms with E-state index in [1.807, 2.05) is 4.90 Å². The fourth-order valence-electron chi connectivity index (χ4n) is 8.67. The van der Waals surface area contributed by atoms with Gasteiger partial charge in [0.25, 0.3) is 0 Å². The Kier molecular flexibility index (Phi) is 8.24. The molecule has 3 aliphatic carbocycles. The number of carbonyl (C=O) groups excluding carboxylic acids is 2. The Labute approximate surface area is 231 Å². The molecule has 5 rings (SSSR count). The molecular formula is C33H51N3O2. The van der Waals surface area contributed by atoms with Gasteiger partial charge in [0.2, 0.25) is 11.8 Å². The zero-order valence-corrected chi connectivity index (χ0v) is 24.4. The summed E-state index contributed by atoms with van der Waals surface area (Å²) in [5, 5.41) is 3.19. The van der Waals surface area contributed by atoms with Gasteiger partial charge in [-0.05, 0) is 93.7 Å². The van der Waals surface area contributed by atoms with E-state index in [0.717, 1.165) is 50.6 Å². The van der Waals surface area contributed by atoms with Crippen LogP contribution in [0.5, 0.6) is 0 Å². The summed E-state index contributed by atoms with van der Waals surface area (Å²) in [6, 6.07) is 11.0. The fourth-order valence-corrected chi connectivity index (χ4v) is 8.67. The molecule has 5 nitrogen and oxygen atoms in total. The second kappa shape index (κ2) is 11.3. The highest BCUT2D eigenvalue weighted by molar-refractivity contribution is 5.86. The van der Waals surface area contributed by atoms with E-state index in [4.69, 9.17) is 0 Å². The predicted molar refractivity (Wildman–Crippen MR) is 153 cm³/mol. The Morgan fingerprint density at radius 1 is 1.00 bits per heavy atom. The number of nitrogens with zero attached hydrogens (tertiary/aromatic N) is 2. The van der Waals surface area contributed by atoms with Crippen LogP contribution >= 0.6 is 0 Å². The van der Waals surface area contributed by atoms with Crippen molar-refractivity contribution in [3.8, 4) is 0 Å². The molecule has 5 heteroatoms. The molecule has 1 N–H and O–H groups in total. The topological polar surface area (TPSA) is 52.7 Å². The molecular weight excluding hydrogens is 470 g/mol. The monoisotopic (exact) mass is 521 g/mol. The Hall–Kier alpha value is -1.88. The van der Waals surface area contributed by atoms with Crippen molar-refractivity contribution >= 4 is 11.8 Å². The van der Waals surface area contributed by atoms with E-state index in [1.165, 1.54) is 50.5 Å². The lowest BCUT2D eigenvalue weighted by molar-refractivity contribution is -0.158. The van der Waals surface area contributed by atoms with Gasteiger partial charge in [0.15, 0.2) is 0 Å². The summed E-state index contributed by atoms with van der Waals surface area (Å²) < 4.78 is 0. The highest BCUT2D eigenvalue weighted by atomic mass is 16.2. The first-order chi connectivity index (χ1) is 18.2. The minimum absolute atomic E-state index is 0.00332. The average Bonchev–Trinajstić information content (AvgIpc) is 3.31. The third-order valence-electron chi connectivity index (χ3n) is 11.4.